The van der Waals surface area contributed by atoms with Crippen molar-refractivity contribution in [2.45, 2.75) is 50.5 Å². The third-order valence-electron chi connectivity index (χ3n) is 7.25. The Labute approximate surface area is 210 Å². The summed E-state index contributed by atoms with van der Waals surface area (Å²) in [6.45, 7) is 2.69. The van der Waals surface area contributed by atoms with Gasteiger partial charge < -0.3 is 24.6 Å². The second-order valence-electron chi connectivity index (χ2n) is 9.59. The SMILES string of the molecule is COc1ccccc1C1CC(=O)C2=C(C1)NC(C)=C(C(=O)OCC1CCCO1)C2c1cccc(O)c1. The number of allylic oxidation sites excluding steroid dienone is 3. The summed E-state index contributed by atoms with van der Waals surface area (Å²) in [4.78, 5) is 27.1. The van der Waals surface area contributed by atoms with Crippen LogP contribution in [0.2, 0.25) is 0 Å². The number of rotatable bonds is 6. The van der Waals surface area contributed by atoms with Crippen molar-refractivity contribution in [3.8, 4) is 11.5 Å². The zero-order chi connectivity index (χ0) is 25.2. The Morgan fingerprint density at radius 2 is 2.00 bits per heavy atom. The normalized spacial score (nSPS) is 23.8. The molecule has 0 spiro atoms. The van der Waals surface area contributed by atoms with Gasteiger partial charge in [-0.05, 0) is 55.5 Å². The summed E-state index contributed by atoms with van der Waals surface area (Å²) >= 11 is 0. The summed E-state index contributed by atoms with van der Waals surface area (Å²) in [6, 6.07) is 14.5. The maximum absolute atomic E-state index is 13.7. The fourth-order valence-corrected chi connectivity index (χ4v) is 5.59. The van der Waals surface area contributed by atoms with Gasteiger partial charge >= 0.3 is 5.97 Å². The Morgan fingerprint density at radius 1 is 1.17 bits per heavy atom. The van der Waals surface area contributed by atoms with Gasteiger partial charge in [0.15, 0.2) is 5.78 Å². The van der Waals surface area contributed by atoms with Gasteiger partial charge in [-0.3, -0.25) is 4.79 Å². The van der Waals surface area contributed by atoms with Crippen molar-refractivity contribution in [1.29, 1.82) is 0 Å². The lowest BCUT2D eigenvalue weighted by Gasteiger charge is -2.37. The lowest BCUT2D eigenvalue weighted by molar-refractivity contribution is -0.142. The molecular weight excluding hydrogens is 458 g/mol. The predicted molar refractivity (Wildman–Crippen MR) is 134 cm³/mol. The van der Waals surface area contributed by atoms with Gasteiger partial charge in [-0.15, -0.1) is 0 Å². The van der Waals surface area contributed by atoms with Crippen molar-refractivity contribution in [2.24, 2.45) is 0 Å². The van der Waals surface area contributed by atoms with E-state index in [1.807, 2.05) is 37.3 Å². The highest BCUT2D eigenvalue weighted by Crippen LogP contribution is 2.47. The molecule has 0 radical (unpaired) electrons. The fraction of sp³-hybridized carbons (Fsp3) is 0.379. The summed E-state index contributed by atoms with van der Waals surface area (Å²) in [7, 11) is 1.63. The van der Waals surface area contributed by atoms with Gasteiger partial charge in [0, 0.05) is 41.8 Å². The average molecular weight is 490 g/mol. The number of aromatic hydroxyl groups is 1. The number of esters is 1. The first-order valence-corrected chi connectivity index (χ1v) is 12.4. The summed E-state index contributed by atoms with van der Waals surface area (Å²) in [5, 5.41) is 13.6. The molecule has 0 bridgehead atoms. The average Bonchev–Trinajstić information content (AvgIpc) is 3.40. The first-order chi connectivity index (χ1) is 17.5. The number of para-hydroxylation sites is 1. The monoisotopic (exact) mass is 489 g/mol. The second-order valence-corrected chi connectivity index (χ2v) is 9.59. The number of phenolic OH excluding ortho intramolecular Hbond substituents is 1. The van der Waals surface area contributed by atoms with Crippen LogP contribution in [0.1, 0.15) is 55.6 Å². The van der Waals surface area contributed by atoms with Crippen molar-refractivity contribution < 1.29 is 28.9 Å². The van der Waals surface area contributed by atoms with Crippen molar-refractivity contribution >= 4 is 11.8 Å². The summed E-state index contributed by atoms with van der Waals surface area (Å²) < 4.78 is 16.8. The van der Waals surface area contributed by atoms with E-state index in [0.717, 1.165) is 29.9 Å². The van der Waals surface area contributed by atoms with Gasteiger partial charge in [0.2, 0.25) is 0 Å². The molecule has 2 aliphatic heterocycles. The van der Waals surface area contributed by atoms with E-state index in [1.165, 1.54) is 0 Å². The molecule has 36 heavy (non-hydrogen) atoms. The minimum absolute atomic E-state index is 0.0371. The third-order valence-corrected chi connectivity index (χ3v) is 7.25. The van der Waals surface area contributed by atoms with Crippen molar-refractivity contribution in [2.75, 3.05) is 20.3 Å². The molecule has 3 atom stereocenters. The highest BCUT2D eigenvalue weighted by molar-refractivity contribution is 6.04. The van der Waals surface area contributed by atoms with E-state index in [1.54, 1.807) is 25.3 Å². The van der Waals surface area contributed by atoms with Crippen molar-refractivity contribution in [1.82, 2.24) is 5.32 Å². The molecule has 1 aliphatic carbocycles. The van der Waals surface area contributed by atoms with E-state index in [0.29, 0.717) is 41.9 Å². The number of carbonyl (C=O) groups excluding carboxylic acids is 2. The minimum atomic E-state index is -0.628. The lowest BCUT2D eigenvalue weighted by atomic mass is 9.71. The van der Waals surface area contributed by atoms with E-state index in [-0.39, 0.29) is 30.2 Å². The van der Waals surface area contributed by atoms with Crippen LogP contribution in [0.15, 0.2) is 71.1 Å². The molecule has 7 heteroatoms. The largest absolute Gasteiger partial charge is 0.508 e. The number of hydrogen-bond donors (Lipinski definition) is 2. The number of hydrogen-bond acceptors (Lipinski definition) is 7. The van der Waals surface area contributed by atoms with Gasteiger partial charge in [-0.25, -0.2) is 4.79 Å². The van der Waals surface area contributed by atoms with Crippen LogP contribution in [-0.4, -0.2) is 43.3 Å². The number of ether oxygens (including phenoxy) is 3. The molecule has 0 aromatic heterocycles. The minimum Gasteiger partial charge on any atom is -0.508 e. The zero-order valence-corrected chi connectivity index (χ0v) is 20.6. The highest BCUT2D eigenvalue weighted by atomic mass is 16.6. The fourth-order valence-electron chi connectivity index (χ4n) is 5.59. The number of nitrogens with one attached hydrogen (secondary N) is 1. The standard InChI is InChI=1S/C29H31NO6/c1-17-26(29(33)36-16-21-9-6-12-35-21)27(18-7-5-8-20(31)13-18)28-23(30-17)14-19(15-24(28)32)22-10-3-4-11-25(22)34-2/h3-5,7-8,10-11,13,19,21,27,30-31H,6,9,12,14-16H2,1-2H3. The predicted octanol–water partition coefficient (Wildman–Crippen LogP) is 4.48. The van der Waals surface area contributed by atoms with E-state index in [4.69, 9.17) is 14.2 Å². The molecule has 7 nitrogen and oxygen atoms in total. The molecule has 0 saturated carbocycles. The molecule has 0 amide bonds. The van der Waals surface area contributed by atoms with Crippen LogP contribution >= 0.6 is 0 Å². The van der Waals surface area contributed by atoms with Crippen molar-refractivity contribution in [3.05, 3.63) is 82.2 Å². The Morgan fingerprint density at radius 3 is 2.75 bits per heavy atom. The van der Waals surface area contributed by atoms with Crippen LogP contribution in [0.3, 0.4) is 0 Å². The van der Waals surface area contributed by atoms with Crippen LogP contribution in [-0.2, 0) is 19.1 Å². The third kappa shape index (κ3) is 4.63. The number of benzene rings is 2. The lowest BCUT2D eigenvalue weighted by Crippen LogP contribution is -2.36. The first kappa shape index (κ1) is 24.1. The molecule has 188 valence electrons. The molecular formula is C29H31NO6. The molecule has 1 saturated heterocycles. The van der Waals surface area contributed by atoms with Crippen LogP contribution in [0.4, 0.5) is 0 Å². The van der Waals surface area contributed by atoms with E-state index in [9.17, 15) is 14.7 Å². The Balaban J connectivity index is 1.51. The molecule has 2 aromatic carbocycles. The van der Waals surface area contributed by atoms with Crippen LogP contribution in [0.25, 0.3) is 0 Å². The van der Waals surface area contributed by atoms with E-state index >= 15 is 0 Å². The van der Waals surface area contributed by atoms with E-state index in [2.05, 4.69) is 5.32 Å². The molecule has 2 aromatic rings. The molecule has 2 heterocycles. The van der Waals surface area contributed by atoms with Crippen LogP contribution < -0.4 is 10.1 Å². The van der Waals surface area contributed by atoms with E-state index < -0.39 is 11.9 Å². The summed E-state index contributed by atoms with van der Waals surface area (Å²) in [5.41, 5.74) is 4.05. The quantitative estimate of drug-likeness (QED) is 0.578. The molecule has 5 rings (SSSR count). The Kier molecular flexibility index (Phi) is 6.83. The maximum atomic E-state index is 13.7. The first-order valence-electron chi connectivity index (χ1n) is 12.4. The number of phenols is 1. The molecule has 3 aliphatic rings. The zero-order valence-electron chi connectivity index (χ0n) is 20.6. The molecule has 2 N–H and O–H groups in total. The topological polar surface area (TPSA) is 94.1 Å². The number of methoxy groups -OCH3 is 1. The van der Waals surface area contributed by atoms with Gasteiger partial charge in [0.05, 0.1) is 18.8 Å². The summed E-state index contributed by atoms with van der Waals surface area (Å²) in [5.74, 6) is -0.361. The Hall–Kier alpha value is -3.58. The highest BCUT2D eigenvalue weighted by Gasteiger charge is 2.42. The second kappa shape index (κ2) is 10.2. The van der Waals surface area contributed by atoms with Gasteiger partial charge in [-0.1, -0.05) is 30.3 Å². The van der Waals surface area contributed by atoms with Crippen LogP contribution in [0, 0.1) is 0 Å². The number of ketones is 1. The van der Waals surface area contributed by atoms with Crippen LogP contribution in [0.5, 0.6) is 11.5 Å². The van der Waals surface area contributed by atoms with Gasteiger partial charge in [0.1, 0.15) is 18.1 Å². The number of Topliss-reactive ketones (excluding diaryl/α,β-unsaturated/α-hetero) is 1. The molecule has 1 fully saturated rings. The number of dihydropyridines is 1. The number of carbonyl (C=O) groups is 2. The van der Waals surface area contributed by atoms with Gasteiger partial charge in [0.25, 0.3) is 0 Å². The Bertz CT molecular complexity index is 1240. The summed E-state index contributed by atoms with van der Waals surface area (Å²) in [6.07, 6.45) is 2.62. The molecule has 3 unspecified atom stereocenters. The maximum Gasteiger partial charge on any atom is 0.336 e. The smallest absolute Gasteiger partial charge is 0.336 e. The van der Waals surface area contributed by atoms with Crippen molar-refractivity contribution in [3.63, 3.8) is 0 Å². The van der Waals surface area contributed by atoms with Gasteiger partial charge in [-0.2, -0.15) is 0 Å².